The normalized spacial score (nSPS) is 27.3. The standard InChI is InChI=1S/C12H19F2N5/c13-12(14)5-8(15)3-4-18(7-12)11-10(16)6-17-19(11)9-1-2-9/h6,8-9H,1-5,7,15-16H2. The Morgan fingerprint density at radius 1 is 1.32 bits per heavy atom. The number of halogens is 2. The van der Waals surface area contributed by atoms with Crippen molar-refractivity contribution in [3.8, 4) is 0 Å². The molecular formula is C12H19F2N5. The number of nitrogens with two attached hydrogens (primary N) is 2. The van der Waals surface area contributed by atoms with E-state index in [1.165, 1.54) is 0 Å². The van der Waals surface area contributed by atoms with Crippen LogP contribution >= 0.6 is 0 Å². The van der Waals surface area contributed by atoms with Gasteiger partial charge in [-0.05, 0) is 19.3 Å². The van der Waals surface area contributed by atoms with Crippen LogP contribution in [0.1, 0.15) is 31.7 Å². The molecule has 0 radical (unpaired) electrons. The lowest BCUT2D eigenvalue weighted by molar-refractivity contribution is -0.000551. The van der Waals surface area contributed by atoms with Gasteiger partial charge in [-0.3, -0.25) is 0 Å². The molecule has 3 rings (SSSR count). The van der Waals surface area contributed by atoms with E-state index in [1.807, 2.05) is 0 Å². The molecule has 4 N–H and O–H groups in total. The van der Waals surface area contributed by atoms with Gasteiger partial charge < -0.3 is 16.4 Å². The van der Waals surface area contributed by atoms with Crippen LogP contribution in [-0.2, 0) is 0 Å². The molecule has 0 bridgehead atoms. The van der Waals surface area contributed by atoms with E-state index in [1.54, 1.807) is 15.8 Å². The van der Waals surface area contributed by atoms with E-state index in [2.05, 4.69) is 5.10 Å². The molecule has 0 amide bonds. The summed E-state index contributed by atoms with van der Waals surface area (Å²) in [4.78, 5) is 1.65. The lowest BCUT2D eigenvalue weighted by Gasteiger charge is -2.27. The average Bonchev–Trinajstić information content (AvgIpc) is 3.08. The zero-order valence-corrected chi connectivity index (χ0v) is 10.7. The Bertz CT molecular complexity index is 469. The van der Waals surface area contributed by atoms with Crippen molar-refractivity contribution in [2.24, 2.45) is 5.73 Å². The number of rotatable bonds is 2. The molecule has 1 saturated carbocycles. The maximum absolute atomic E-state index is 13.8. The van der Waals surface area contributed by atoms with Crippen LogP contribution in [0, 0.1) is 0 Å². The SMILES string of the molecule is Nc1cnn(C2CC2)c1N1CCC(N)CC(F)(F)C1. The number of nitrogen functional groups attached to an aromatic ring is 1. The molecule has 1 aromatic rings. The monoisotopic (exact) mass is 271 g/mol. The zero-order chi connectivity index (χ0) is 13.6. The van der Waals surface area contributed by atoms with Crippen molar-refractivity contribution in [2.75, 3.05) is 23.7 Å². The molecule has 1 aliphatic carbocycles. The van der Waals surface area contributed by atoms with E-state index >= 15 is 0 Å². The second-order valence-electron chi connectivity index (χ2n) is 5.63. The van der Waals surface area contributed by atoms with Crippen LogP contribution in [0.4, 0.5) is 20.3 Å². The molecule has 5 nitrogen and oxygen atoms in total. The van der Waals surface area contributed by atoms with Crippen molar-refractivity contribution in [2.45, 2.75) is 43.7 Å². The van der Waals surface area contributed by atoms with Crippen molar-refractivity contribution in [1.29, 1.82) is 0 Å². The fourth-order valence-corrected chi connectivity index (χ4v) is 2.69. The summed E-state index contributed by atoms with van der Waals surface area (Å²) in [5, 5.41) is 4.22. The molecule has 1 unspecified atom stereocenters. The third-order valence-electron chi connectivity index (χ3n) is 3.74. The Labute approximate surface area is 110 Å². The molecule has 1 aromatic heterocycles. The molecule has 7 heteroatoms. The minimum atomic E-state index is -2.78. The number of hydrogen-bond donors (Lipinski definition) is 2. The Morgan fingerprint density at radius 3 is 2.74 bits per heavy atom. The Hall–Kier alpha value is -1.37. The summed E-state index contributed by atoms with van der Waals surface area (Å²) in [5.74, 6) is -2.14. The van der Waals surface area contributed by atoms with Crippen LogP contribution < -0.4 is 16.4 Å². The quantitative estimate of drug-likeness (QED) is 0.852. The van der Waals surface area contributed by atoms with Crippen LogP contribution in [0.5, 0.6) is 0 Å². The van der Waals surface area contributed by atoms with Gasteiger partial charge in [0.25, 0.3) is 5.92 Å². The third kappa shape index (κ3) is 2.51. The van der Waals surface area contributed by atoms with Crippen LogP contribution in [0.15, 0.2) is 6.20 Å². The Balaban J connectivity index is 1.90. The molecule has 2 fully saturated rings. The van der Waals surface area contributed by atoms with Crippen LogP contribution in [0.3, 0.4) is 0 Å². The van der Waals surface area contributed by atoms with Crippen molar-refractivity contribution in [1.82, 2.24) is 9.78 Å². The van der Waals surface area contributed by atoms with E-state index < -0.39 is 12.0 Å². The fraction of sp³-hybridized carbons (Fsp3) is 0.750. The molecule has 1 atom stereocenters. The summed E-state index contributed by atoms with van der Waals surface area (Å²) in [6.07, 6.45) is 3.91. The van der Waals surface area contributed by atoms with Crippen molar-refractivity contribution in [3.63, 3.8) is 0 Å². The van der Waals surface area contributed by atoms with Crippen LogP contribution in [0.2, 0.25) is 0 Å². The molecule has 2 heterocycles. The van der Waals surface area contributed by atoms with Gasteiger partial charge in [-0.2, -0.15) is 5.10 Å². The first-order chi connectivity index (χ1) is 8.96. The molecule has 106 valence electrons. The van der Waals surface area contributed by atoms with E-state index in [0.717, 1.165) is 12.8 Å². The van der Waals surface area contributed by atoms with Crippen molar-refractivity contribution < 1.29 is 8.78 Å². The minimum absolute atomic E-state index is 0.263. The first-order valence-corrected chi connectivity index (χ1v) is 6.67. The number of aromatic nitrogens is 2. The number of alkyl halides is 2. The van der Waals surface area contributed by atoms with Gasteiger partial charge in [0.05, 0.1) is 24.5 Å². The highest BCUT2D eigenvalue weighted by atomic mass is 19.3. The van der Waals surface area contributed by atoms with Crippen LogP contribution in [-0.4, -0.2) is 34.8 Å². The highest BCUT2D eigenvalue weighted by molar-refractivity contribution is 5.63. The van der Waals surface area contributed by atoms with Crippen LogP contribution in [0.25, 0.3) is 0 Å². The predicted molar refractivity (Wildman–Crippen MR) is 69.3 cm³/mol. The maximum Gasteiger partial charge on any atom is 0.266 e. The molecule has 1 saturated heterocycles. The Kier molecular flexibility index (Phi) is 2.88. The van der Waals surface area contributed by atoms with Crippen molar-refractivity contribution >= 4 is 11.5 Å². The van der Waals surface area contributed by atoms with Gasteiger partial charge >= 0.3 is 0 Å². The largest absolute Gasteiger partial charge is 0.394 e. The molecule has 0 spiro atoms. The summed E-state index contributed by atoms with van der Waals surface area (Å²) in [7, 11) is 0. The number of anilines is 2. The molecule has 0 aromatic carbocycles. The highest BCUT2D eigenvalue weighted by Crippen LogP contribution is 2.41. The third-order valence-corrected chi connectivity index (χ3v) is 3.74. The molecule has 1 aliphatic heterocycles. The van der Waals surface area contributed by atoms with Gasteiger partial charge in [0.1, 0.15) is 0 Å². The highest BCUT2D eigenvalue weighted by Gasteiger charge is 2.39. The molecule has 19 heavy (non-hydrogen) atoms. The van der Waals surface area contributed by atoms with Gasteiger partial charge in [0, 0.05) is 19.0 Å². The Morgan fingerprint density at radius 2 is 2.05 bits per heavy atom. The van der Waals surface area contributed by atoms with Gasteiger partial charge in [0.15, 0.2) is 5.82 Å². The summed E-state index contributed by atoms with van der Waals surface area (Å²) in [5.41, 5.74) is 12.1. The van der Waals surface area contributed by atoms with E-state index in [-0.39, 0.29) is 13.0 Å². The fourth-order valence-electron chi connectivity index (χ4n) is 2.69. The first kappa shape index (κ1) is 12.7. The average molecular weight is 271 g/mol. The topological polar surface area (TPSA) is 73.1 Å². The molecular weight excluding hydrogens is 252 g/mol. The predicted octanol–water partition coefficient (Wildman–Crippen LogP) is 1.36. The van der Waals surface area contributed by atoms with E-state index in [9.17, 15) is 8.78 Å². The summed E-state index contributed by atoms with van der Waals surface area (Å²) in [6, 6.07) is -0.142. The lowest BCUT2D eigenvalue weighted by atomic mass is 10.1. The van der Waals surface area contributed by atoms with E-state index in [4.69, 9.17) is 11.5 Å². The van der Waals surface area contributed by atoms with Crippen molar-refractivity contribution in [3.05, 3.63) is 6.20 Å². The second-order valence-corrected chi connectivity index (χ2v) is 5.63. The lowest BCUT2D eigenvalue weighted by Crippen LogP contribution is -2.37. The van der Waals surface area contributed by atoms with Gasteiger partial charge in [0.2, 0.25) is 0 Å². The van der Waals surface area contributed by atoms with Gasteiger partial charge in [-0.15, -0.1) is 0 Å². The summed E-state index contributed by atoms with van der Waals surface area (Å²) >= 11 is 0. The number of hydrogen-bond acceptors (Lipinski definition) is 4. The van der Waals surface area contributed by atoms with Gasteiger partial charge in [-0.1, -0.05) is 0 Å². The summed E-state index contributed by atoms with van der Waals surface area (Å²) in [6.45, 7) is 0.169. The van der Waals surface area contributed by atoms with Gasteiger partial charge in [-0.25, -0.2) is 13.5 Å². The smallest absolute Gasteiger partial charge is 0.266 e. The summed E-state index contributed by atoms with van der Waals surface area (Å²) < 4.78 is 29.5. The second kappa shape index (κ2) is 4.33. The number of nitrogens with zero attached hydrogens (tertiary/aromatic N) is 3. The zero-order valence-electron chi connectivity index (χ0n) is 10.7. The van der Waals surface area contributed by atoms with E-state index in [0.29, 0.717) is 30.5 Å². The minimum Gasteiger partial charge on any atom is -0.394 e. The molecule has 2 aliphatic rings. The maximum atomic E-state index is 13.8. The first-order valence-electron chi connectivity index (χ1n) is 6.67.